The van der Waals surface area contributed by atoms with E-state index in [-0.39, 0.29) is 12.8 Å². The average Bonchev–Trinajstić information content (AvgIpc) is 3.17. The first kappa shape index (κ1) is 53.4. The van der Waals surface area contributed by atoms with Gasteiger partial charge in [-0.25, -0.2) is 9.36 Å². The van der Waals surface area contributed by atoms with Crippen LogP contribution in [-0.4, -0.2) is 64.9 Å². The van der Waals surface area contributed by atoms with Gasteiger partial charge in [0.15, 0.2) is 6.04 Å². The van der Waals surface area contributed by atoms with E-state index in [9.17, 15) is 34.1 Å². The molecule has 0 aromatic carbocycles. The second kappa shape index (κ2) is 39.3. The predicted molar refractivity (Wildman–Crippen MR) is 226 cm³/mol. The fourth-order valence-electron chi connectivity index (χ4n) is 5.67. The number of carboxylic acids is 1. The maximum Gasteiger partial charge on any atom is 0.472 e. The number of unbranched alkanes of at least 4 members (excludes halogenated alkanes) is 18. The highest BCUT2D eigenvalue weighted by Crippen LogP contribution is 2.43. The number of esters is 1. The van der Waals surface area contributed by atoms with Crippen molar-refractivity contribution < 1.29 is 47.8 Å². The molecule has 324 valence electrons. The van der Waals surface area contributed by atoms with Gasteiger partial charge in [0.2, 0.25) is 5.91 Å². The van der Waals surface area contributed by atoms with Crippen molar-refractivity contribution in [1.29, 1.82) is 0 Å². The lowest BCUT2D eigenvalue weighted by Gasteiger charge is -2.18. The Kier molecular flexibility index (Phi) is 37.5. The third-order valence-electron chi connectivity index (χ3n) is 9.09. The molecule has 0 rings (SSSR count). The van der Waals surface area contributed by atoms with Crippen molar-refractivity contribution in [2.24, 2.45) is 0 Å². The molecule has 0 aromatic heterocycles. The van der Waals surface area contributed by atoms with Crippen molar-refractivity contribution in [1.82, 2.24) is 5.32 Å². The van der Waals surface area contributed by atoms with Gasteiger partial charge in [0.05, 0.1) is 13.2 Å². The van der Waals surface area contributed by atoms with Crippen LogP contribution in [0.1, 0.15) is 181 Å². The van der Waals surface area contributed by atoms with Gasteiger partial charge in [-0.3, -0.25) is 18.6 Å². The number of hydrogen-bond acceptors (Lipinski definition) is 8. The molecule has 0 fully saturated rings. The average molecular weight is 812 g/mol. The number of ether oxygens (including phenoxy) is 1. The number of hydrogen-bond donors (Lipinski definition) is 4. The number of carboxylic acid groups (broad SMARTS) is 1. The van der Waals surface area contributed by atoms with Crippen LogP contribution in [0.15, 0.2) is 48.6 Å². The number of carbonyl (C=O) groups excluding carboxylic acids is 2. The van der Waals surface area contributed by atoms with Crippen molar-refractivity contribution in [3.8, 4) is 0 Å². The third kappa shape index (κ3) is 38.3. The minimum atomic E-state index is -4.76. The summed E-state index contributed by atoms with van der Waals surface area (Å²) in [6.07, 6.45) is 42.7. The van der Waals surface area contributed by atoms with Gasteiger partial charge in [-0.2, -0.15) is 0 Å². The number of rotatable bonds is 40. The van der Waals surface area contributed by atoms with E-state index in [1.165, 1.54) is 51.4 Å². The maximum absolute atomic E-state index is 12.3. The Morgan fingerprint density at radius 2 is 0.982 bits per heavy atom. The van der Waals surface area contributed by atoms with Gasteiger partial charge in [-0.05, 0) is 77.0 Å². The van der Waals surface area contributed by atoms with Gasteiger partial charge >= 0.3 is 19.8 Å². The maximum atomic E-state index is 12.3. The second-order valence-corrected chi connectivity index (χ2v) is 16.0. The normalized spacial score (nSPS) is 14.2. The van der Waals surface area contributed by atoms with Crippen LogP contribution in [0.5, 0.6) is 0 Å². The van der Waals surface area contributed by atoms with E-state index in [1.807, 2.05) is 0 Å². The fraction of sp³-hybridized carbons (Fsp3) is 0.750. The van der Waals surface area contributed by atoms with E-state index in [2.05, 4.69) is 67.8 Å². The van der Waals surface area contributed by atoms with E-state index in [0.717, 1.165) is 89.9 Å². The van der Waals surface area contributed by atoms with Crippen LogP contribution in [0.4, 0.5) is 0 Å². The van der Waals surface area contributed by atoms with E-state index in [4.69, 9.17) is 13.8 Å². The second-order valence-electron chi connectivity index (χ2n) is 14.5. The van der Waals surface area contributed by atoms with Crippen molar-refractivity contribution in [2.45, 2.75) is 193 Å². The van der Waals surface area contributed by atoms with Gasteiger partial charge in [0.1, 0.15) is 12.7 Å². The quantitative estimate of drug-likeness (QED) is 0.0202. The molecule has 0 aromatic rings. The Bertz CT molecular complexity index is 1140. The monoisotopic (exact) mass is 812 g/mol. The Morgan fingerprint density at radius 1 is 0.571 bits per heavy atom. The molecule has 0 aliphatic carbocycles. The summed E-state index contributed by atoms with van der Waals surface area (Å²) >= 11 is 0. The lowest BCUT2D eigenvalue weighted by atomic mass is 10.1. The molecule has 0 heterocycles. The van der Waals surface area contributed by atoms with Gasteiger partial charge in [-0.1, -0.05) is 140 Å². The number of allylic oxidation sites excluding steroid dienone is 8. The predicted octanol–water partition coefficient (Wildman–Crippen LogP) is 11.0. The van der Waals surface area contributed by atoms with Crippen LogP contribution in [0.25, 0.3) is 0 Å². The van der Waals surface area contributed by atoms with Crippen LogP contribution in [0.2, 0.25) is 0 Å². The number of aliphatic hydroxyl groups is 1. The summed E-state index contributed by atoms with van der Waals surface area (Å²) in [5, 5.41) is 21.8. The zero-order valence-corrected chi connectivity index (χ0v) is 35.8. The molecule has 12 heteroatoms. The Balaban J connectivity index is 3.93. The summed E-state index contributed by atoms with van der Waals surface area (Å²) in [5.41, 5.74) is 0. The molecule has 3 unspecified atom stereocenters. The molecule has 0 spiro atoms. The van der Waals surface area contributed by atoms with Crippen molar-refractivity contribution in [3.63, 3.8) is 0 Å². The topological polar surface area (TPSA) is 169 Å². The zero-order chi connectivity index (χ0) is 41.4. The van der Waals surface area contributed by atoms with Gasteiger partial charge < -0.3 is 25.2 Å². The van der Waals surface area contributed by atoms with Crippen molar-refractivity contribution >= 4 is 25.7 Å². The molecule has 3 atom stereocenters. The lowest BCUT2D eigenvalue weighted by molar-refractivity contribution is -0.147. The first-order valence-electron chi connectivity index (χ1n) is 21.7. The molecule has 0 aliphatic rings. The Labute approximate surface area is 339 Å². The van der Waals surface area contributed by atoms with Crippen LogP contribution < -0.4 is 5.32 Å². The zero-order valence-electron chi connectivity index (χ0n) is 34.9. The van der Waals surface area contributed by atoms with Crippen LogP contribution >= 0.6 is 7.82 Å². The van der Waals surface area contributed by atoms with Gasteiger partial charge in [-0.15, -0.1) is 0 Å². The molecule has 11 nitrogen and oxygen atoms in total. The molecule has 1 amide bonds. The largest absolute Gasteiger partial charge is 0.480 e. The van der Waals surface area contributed by atoms with Gasteiger partial charge in [0, 0.05) is 12.8 Å². The van der Waals surface area contributed by atoms with E-state index >= 15 is 0 Å². The number of amides is 1. The smallest absolute Gasteiger partial charge is 0.472 e. The fourth-order valence-corrected chi connectivity index (χ4v) is 6.44. The Morgan fingerprint density at radius 3 is 1.52 bits per heavy atom. The van der Waals surface area contributed by atoms with E-state index in [1.54, 1.807) is 0 Å². The summed E-state index contributed by atoms with van der Waals surface area (Å²) in [5.74, 6) is -2.40. The van der Waals surface area contributed by atoms with Gasteiger partial charge in [0.25, 0.3) is 0 Å². The third-order valence-corrected chi connectivity index (χ3v) is 10.0. The summed E-state index contributed by atoms with van der Waals surface area (Å²) in [6, 6.07) is -1.55. The molecule has 0 radical (unpaired) electrons. The van der Waals surface area contributed by atoms with E-state index < -0.39 is 57.6 Å². The van der Waals surface area contributed by atoms with Crippen LogP contribution in [0.3, 0.4) is 0 Å². The number of aliphatic hydroxyl groups excluding tert-OH is 1. The Hall–Kier alpha value is -2.56. The summed E-state index contributed by atoms with van der Waals surface area (Å²) in [7, 11) is -4.76. The number of phosphoric ester groups is 1. The molecule has 4 N–H and O–H groups in total. The number of nitrogens with one attached hydrogen (secondary N) is 1. The number of carbonyl (C=O) groups is 3. The van der Waals surface area contributed by atoms with Crippen molar-refractivity contribution in [2.75, 3.05) is 19.8 Å². The lowest BCUT2D eigenvalue weighted by Crippen LogP contribution is -2.43. The van der Waals surface area contributed by atoms with Crippen LogP contribution in [0, 0.1) is 0 Å². The van der Waals surface area contributed by atoms with Crippen molar-refractivity contribution in [3.05, 3.63) is 48.6 Å². The highest BCUT2D eigenvalue weighted by atomic mass is 31.2. The molecule has 0 bridgehead atoms. The minimum absolute atomic E-state index is 0.133. The summed E-state index contributed by atoms with van der Waals surface area (Å²) < 4.78 is 26.8. The van der Waals surface area contributed by atoms with E-state index in [0.29, 0.717) is 12.8 Å². The minimum Gasteiger partial charge on any atom is -0.480 e. The number of phosphoric acid groups is 1. The SMILES string of the molecule is CCCCC/C=C\C/C=C\C/C=C\CCCCCCCCC(=O)OCC(O)COP(=O)(O)OCC(NC(=O)CCCCCCC/C=C\CCCCCC)C(=O)O. The molecule has 56 heavy (non-hydrogen) atoms. The molecular formula is C44H78NO10P. The summed E-state index contributed by atoms with van der Waals surface area (Å²) in [4.78, 5) is 45.8. The standard InChI is InChI=1S/C44H78NO10P/c1-3-5-7-9-11-13-15-17-18-19-20-21-22-24-26-28-30-32-34-36-43(48)53-37-40(46)38-54-56(51,52)55-39-41(44(49)50)45-42(47)35-33-31-29-27-25-23-16-14-12-10-8-6-4-2/h11,13-14,16-18,20-21,40-41,46H,3-10,12,15,19,22-39H2,1-2H3,(H,45,47)(H,49,50)(H,51,52)/b13-11-,16-14-,18-17-,21-20-. The highest BCUT2D eigenvalue weighted by Gasteiger charge is 2.28. The number of aliphatic carboxylic acids is 1. The first-order valence-corrected chi connectivity index (χ1v) is 23.2. The molecule has 0 aliphatic heterocycles. The molecule has 0 saturated heterocycles. The highest BCUT2D eigenvalue weighted by molar-refractivity contribution is 7.47. The molecule has 0 saturated carbocycles. The van der Waals surface area contributed by atoms with Crippen LogP contribution in [-0.2, 0) is 32.7 Å². The first-order chi connectivity index (χ1) is 27.1. The summed E-state index contributed by atoms with van der Waals surface area (Å²) in [6.45, 7) is 2.52. The molecular weight excluding hydrogens is 733 g/mol.